The Morgan fingerprint density at radius 2 is 2.19 bits per heavy atom. The minimum absolute atomic E-state index is 0.111. The third kappa shape index (κ3) is 3.25. The number of rotatable bonds is 5. The molecule has 0 bridgehead atoms. The molecule has 2 rings (SSSR count). The van der Waals surface area contributed by atoms with Gasteiger partial charge in [0.2, 0.25) is 0 Å². The minimum atomic E-state index is -0.969. The van der Waals surface area contributed by atoms with Gasteiger partial charge in [-0.15, -0.1) is 5.10 Å². The maximum Gasteiger partial charge on any atom is 0.273 e. The largest absolute Gasteiger partial charge is 0.372 e. The SMILES string of the molecule is COC(C)(CNC(=O)c1cn(C)nn1)c1ccccc1F. The lowest BCUT2D eigenvalue weighted by Gasteiger charge is -2.29. The van der Waals surface area contributed by atoms with Crippen LogP contribution in [0, 0.1) is 5.82 Å². The van der Waals surface area contributed by atoms with E-state index in [1.54, 1.807) is 32.2 Å². The van der Waals surface area contributed by atoms with E-state index in [-0.39, 0.29) is 24.0 Å². The fourth-order valence-electron chi connectivity index (χ4n) is 1.96. The molecule has 0 saturated carbocycles. The first-order chi connectivity index (χ1) is 9.96. The van der Waals surface area contributed by atoms with Gasteiger partial charge in [-0.25, -0.2) is 4.39 Å². The summed E-state index contributed by atoms with van der Waals surface area (Å²) in [6, 6.07) is 6.32. The predicted octanol–water partition coefficient (Wildman–Crippen LogP) is 1.25. The Kier molecular flexibility index (Phi) is 4.32. The van der Waals surface area contributed by atoms with E-state index in [2.05, 4.69) is 15.6 Å². The van der Waals surface area contributed by atoms with Crippen LogP contribution in [0.3, 0.4) is 0 Å². The molecule has 7 heteroatoms. The number of carbonyl (C=O) groups is 1. The average molecular weight is 292 g/mol. The number of halogens is 1. The first-order valence-corrected chi connectivity index (χ1v) is 6.41. The van der Waals surface area contributed by atoms with Crippen molar-refractivity contribution in [1.29, 1.82) is 0 Å². The molecule has 1 aromatic heterocycles. The van der Waals surface area contributed by atoms with Crippen molar-refractivity contribution < 1.29 is 13.9 Å². The molecule has 21 heavy (non-hydrogen) atoms. The molecule has 0 aliphatic carbocycles. The van der Waals surface area contributed by atoms with Crippen molar-refractivity contribution in [1.82, 2.24) is 20.3 Å². The molecule has 0 aliphatic rings. The van der Waals surface area contributed by atoms with Crippen molar-refractivity contribution in [2.75, 3.05) is 13.7 Å². The molecule has 1 heterocycles. The Bertz CT molecular complexity index is 643. The third-order valence-electron chi connectivity index (χ3n) is 3.32. The second kappa shape index (κ2) is 6.01. The summed E-state index contributed by atoms with van der Waals surface area (Å²) in [6.07, 6.45) is 1.50. The number of hydrogen-bond donors (Lipinski definition) is 1. The van der Waals surface area contributed by atoms with Gasteiger partial charge < -0.3 is 10.1 Å². The van der Waals surface area contributed by atoms with Crippen molar-refractivity contribution >= 4 is 5.91 Å². The Labute approximate surface area is 121 Å². The van der Waals surface area contributed by atoms with Gasteiger partial charge in [0.1, 0.15) is 11.4 Å². The molecule has 0 spiro atoms. The van der Waals surface area contributed by atoms with Crippen LogP contribution in [-0.4, -0.2) is 34.6 Å². The zero-order valence-corrected chi connectivity index (χ0v) is 12.1. The number of ether oxygens (including phenoxy) is 1. The smallest absolute Gasteiger partial charge is 0.273 e. The van der Waals surface area contributed by atoms with Gasteiger partial charge in [-0.1, -0.05) is 23.4 Å². The van der Waals surface area contributed by atoms with E-state index in [4.69, 9.17) is 4.74 Å². The van der Waals surface area contributed by atoms with E-state index in [1.165, 1.54) is 24.1 Å². The molecular formula is C14H17FN4O2. The van der Waals surface area contributed by atoms with E-state index in [0.717, 1.165) is 0 Å². The lowest BCUT2D eigenvalue weighted by molar-refractivity contribution is 0.000348. The van der Waals surface area contributed by atoms with Crippen LogP contribution < -0.4 is 5.32 Å². The van der Waals surface area contributed by atoms with Crippen LogP contribution in [0.5, 0.6) is 0 Å². The van der Waals surface area contributed by atoms with E-state index in [1.807, 2.05) is 0 Å². The minimum Gasteiger partial charge on any atom is -0.372 e. The number of amides is 1. The average Bonchev–Trinajstić information content (AvgIpc) is 2.91. The summed E-state index contributed by atoms with van der Waals surface area (Å²) in [4.78, 5) is 12.0. The Morgan fingerprint density at radius 3 is 2.76 bits per heavy atom. The molecule has 2 aromatic rings. The highest BCUT2D eigenvalue weighted by Crippen LogP contribution is 2.26. The number of methoxy groups -OCH3 is 1. The van der Waals surface area contributed by atoms with E-state index >= 15 is 0 Å². The lowest BCUT2D eigenvalue weighted by atomic mass is 9.95. The number of nitrogens with one attached hydrogen (secondary N) is 1. The monoisotopic (exact) mass is 292 g/mol. The van der Waals surface area contributed by atoms with Crippen molar-refractivity contribution in [3.05, 3.63) is 47.5 Å². The van der Waals surface area contributed by atoms with E-state index < -0.39 is 5.60 Å². The molecule has 6 nitrogen and oxygen atoms in total. The predicted molar refractivity (Wildman–Crippen MR) is 74.1 cm³/mol. The van der Waals surface area contributed by atoms with E-state index in [0.29, 0.717) is 5.56 Å². The molecule has 112 valence electrons. The molecular weight excluding hydrogens is 275 g/mol. The summed E-state index contributed by atoms with van der Waals surface area (Å²) in [6.45, 7) is 1.82. The summed E-state index contributed by atoms with van der Waals surface area (Å²) in [7, 11) is 3.14. The summed E-state index contributed by atoms with van der Waals surface area (Å²) in [5.74, 6) is -0.765. The van der Waals surface area contributed by atoms with Crippen molar-refractivity contribution in [3.63, 3.8) is 0 Å². The van der Waals surface area contributed by atoms with Crippen LogP contribution >= 0.6 is 0 Å². The maximum atomic E-state index is 13.9. The van der Waals surface area contributed by atoms with Crippen molar-refractivity contribution in [2.24, 2.45) is 7.05 Å². The topological polar surface area (TPSA) is 69.0 Å². The zero-order valence-electron chi connectivity index (χ0n) is 12.1. The fraction of sp³-hybridized carbons (Fsp3) is 0.357. The van der Waals surface area contributed by atoms with Gasteiger partial charge in [-0.2, -0.15) is 0 Å². The van der Waals surface area contributed by atoms with E-state index in [9.17, 15) is 9.18 Å². The molecule has 0 saturated heterocycles. The first kappa shape index (κ1) is 15.1. The number of hydrogen-bond acceptors (Lipinski definition) is 4. The molecule has 1 aromatic carbocycles. The van der Waals surface area contributed by atoms with Gasteiger partial charge in [0.25, 0.3) is 5.91 Å². The fourth-order valence-corrected chi connectivity index (χ4v) is 1.96. The normalized spacial score (nSPS) is 13.7. The third-order valence-corrected chi connectivity index (χ3v) is 3.32. The molecule has 1 N–H and O–H groups in total. The van der Waals surface area contributed by atoms with Gasteiger partial charge in [0.15, 0.2) is 5.69 Å². The molecule has 0 fully saturated rings. The first-order valence-electron chi connectivity index (χ1n) is 6.41. The number of benzene rings is 1. The van der Waals surface area contributed by atoms with Gasteiger partial charge >= 0.3 is 0 Å². The number of carbonyl (C=O) groups excluding carboxylic acids is 1. The molecule has 0 radical (unpaired) electrons. The maximum absolute atomic E-state index is 13.9. The summed E-state index contributed by atoms with van der Waals surface area (Å²) in [5, 5.41) is 10.1. The quantitative estimate of drug-likeness (QED) is 0.900. The van der Waals surface area contributed by atoms with Crippen LogP contribution in [0.1, 0.15) is 23.0 Å². The van der Waals surface area contributed by atoms with Gasteiger partial charge in [0.05, 0.1) is 12.7 Å². The summed E-state index contributed by atoms with van der Waals surface area (Å²) >= 11 is 0. The molecule has 1 atom stereocenters. The summed E-state index contributed by atoms with van der Waals surface area (Å²) in [5.41, 5.74) is -0.389. The lowest BCUT2D eigenvalue weighted by Crippen LogP contribution is -2.40. The van der Waals surface area contributed by atoms with Crippen molar-refractivity contribution in [2.45, 2.75) is 12.5 Å². The van der Waals surface area contributed by atoms with Gasteiger partial charge in [-0.3, -0.25) is 9.48 Å². The second-order valence-electron chi connectivity index (χ2n) is 4.87. The van der Waals surface area contributed by atoms with Crippen LogP contribution in [-0.2, 0) is 17.4 Å². The highest BCUT2D eigenvalue weighted by Gasteiger charge is 2.30. The van der Waals surface area contributed by atoms with Gasteiger partial charge in [-0.05, 0) is 13.0 Å². The highest BCUT2D eigenvalue weighted by atomic mass is 19.1. The Balaban J connectivity index is 2.12. The zero-order chi connectivity index (χ0) is 15.5. The molecule has 0 aliphatic heterocycles. The van der Waals surface area contributed by atoms with Crippen LogP contribution in [0.25, 0.3) is 0 Å². The standard InChI is InChI=1S/C14H17FN4O2/c1-14(21-3,10-6-4-5-7-11(10)15)9-16-13(20)12-8-19(2)18-17-12/h4-8H,9H2,1-3H3,(H,16,20). The molecule has 1 unspecified atom stereocenters. The van der Waals surface area contributed by atoms with Crippen LogP contribution in [0.4, 0.5) is 4.39 Å². The molecule has 1 amide bonds. The number of nitrogens with zero attached hydrogens (tertiary/aromatic N) is 3. The van der Waals surface area contributed by atoms with Crippen LogP contribution in [0.2, 0.25) is 0 Å². The van der Waals surface area contributed by atoms with Crippen molar-refractivity contribution in [3.8, 4) is 0 Å². The Hall–Kier alpha value is -2.28. The summed E-state index contributed by atoms with van der Waals surface area (Å²) < 4.78 is 20.7. The van der Waals surface area contributed by atoms with Crippen LogP contribution in [0.15, 0.2) is 30.5 Å². The number of aromatic nitrogens is 3. The number of aryl methyl sites for hydroxylation is 1. The second-order valence-corrected chi connectivity index (χ2v) is 4.87. The Morgan fingerprint density at radius 1 is 1.48 bits per heavy atom. The highest BCUT2D eigenvalue weighted by molar-refractivity contribution is 5.91. The van der Waals surface area contributed by atoms with Gasteiger partial charge in [0, 0.05) is 19.7 Å².